The summed E-state index contributed by atoms with van der Waals surface area (Å²) in [6.07, 6.45) is 0. The second kappa shape index (κ2) is 5.56. The van der Waals surface area contributed by atoms with Gasteiger partial charge in [0.15, 0.2) is 6.04 Å². The number of rotatable bonds is 4. The average molecular weight is 262 g/mol. The number of carboxylic acid groups (broad SMARTS) is 1. The Bertz CT molecular complexity index is 525. The maximum Gasteiger partial charge on any atom is 0.330 e. The van der Waals surface area contributed by atoms with E-state index < -0.39 is 12.0 Å². The van der Waals surface area contributed by atoms with Crippen molar-refractivity contribution in [3.05, 3.63) is 65.2 Å². The Morgan fingerprint density at radius 2 is 1.67 bits per heavy atom. The van der Waals surface area contributed by atoms with Crippen molar-refractivity contribution in [1.29, 1.82) is 0 Å². The van der Waals surface area contributed by atoms with Crippen molar-refractivity contribution in [1.82, 2.24) is 0 Å². The Morgan fingerprint density at radius 1 is 1.06 bits per heavy atom. The fourth-order valence-corrected chi connectivity index (χ4v) is 1.77. The zero-order chi connectivity index (χ0) is 13.0. The number of hydrogen-bond acceptors (Lipinski definition) is 2. The zero-order valence-electron chi connectivity index (χ0n) is 9.51. The van der Waals surface area contributed by atoms with Crippen LogP contribution in [0.4, 0.5) is 5.69 Å². The van der Waals surface area contributed by atoms with E-state index in [2.05, 4.69) is 5.32 Å². The predicted molar refractivity (Wildman–Crippen MR) is 71.9 cm³/mol. The predicted octanol–water partition coefficient (Wildman–Crippen LogP) is 3.58. The molecule has 1 atom stereocenters. The van der Waals surface area contributed by atoms with E-state index in [0.717, 1.165) is 5.69 Å². The second-order valence-corrected chi connectivity index (χ2v) is 4.27. The molecule has 0 saturated heterocycles. The van der Waals surface area contributed by atoms with Crippen molar-refractivity contribution in [2.75, 3.05) is 5.32 Å². The van der Waals surface area contributed by atoms with Crippen molar-refractivity contribution in [2.24, 2.45) is 0 Å². The number of hydrogen-bond donors (Lipinski definition) is 2. The van der Waals surface area contributed by atoms with Gasteiger partial charge in [-0.1, -0.05) is 41.9 Å². The molecule has 0 heterocycles. The molecule has 2 N–H and O–H groups in total. The average Bonchev–Trinajstić information content (AvgIpc) is 2.38. The lowest BCUT2D eigenvalue weighted by atomic mass is 10.1. The maximum absolute atomic E-state index is 11.3. The molecule has 4 heteroatoms. The first-order valence-electron chi connectivity index (χ1n) is 5.46. The first-order chi connectivity index (χ1) is 8.66. The number of aliphatic carboxylic acids is 1. The fraction of sp³-hybridized carbons (Fsp3) is 0.0714. The lowest BCUT2D eigenvalue weighted by Gasteiger charge is -2.16. The lowest BCUT2D eigenvalue weighted by Crippen LogP contribution is -2.20. The summed E-state index contributed by atoms with van der Waals surface area (Å²) in [7, 11) is 0. The van der Waals surface area contributed by atoms with E-state index >= 15 is 0 Å². The third-order valence-corrected chi connectivity index (χ3v) is 2.79. The first-order valence-corrected chi connectivity index (χ1v) is 5.84. The topological polar surface area (TPSA) is 49.3 Å². The largest absolute Gasteiger partial charge is 0.479 e. The van der Waals surface area contributed by atoms with E-state index in [4.69, 9.17) is 11.6 Å². The van der Waals surface area contributed by atoms with Crippen LogP contribution in [0, 0.1) is 0 Å². The summed E-state index contributed by atoms with van der Waals surface area (Å²) in [5.74, 6) is -0.929. The molecule has 0 aromatic heterocycles. The van der Waals surface area contributed by atoms with E-state index in [1.54, 1.807) is 24.3 Å². The van der Waals surface area contributed by atoms with E-state index in [0.29, 0.717) is 10.6 Å². The molecular formula is C14H12ClNO2. The number of carboxylic acids is 1. The molecule has 2 rings (SSSR count). The fourth-order valence-electron chi connectivity index (χ4n) is 1.64. The summed E-state index contributed by atoms with van der Waals surface area (Å²) in [6, 6.07) is 15.2. The summed E-state index contributed by atoms with van der Waals surface area (Å²) >= 11 is 5.79. The Kier molecular flexibility index (Phi) is 3.85. The number of benzene rings is 2. The Morgan fingerprint density at radius 3 is 2.22 bits per heavy atom. The number of halogens is 1. The molecule has 0 aliphatic carbocycles. The molecule has 18 heavy (non-hydrogen) atoms. The number of nitrogens with one attached hydrogen (secondary N) is 1. The van der Waals surface area contributed by atoms with Gasteiger partial charge in [-0.2, -0.15) is 0 Å². The molecule has 2 aromatic carbocycles. The summed E-state index contributed by atoms with van der Waals surface area (Å²) in [5.41, 5.74) is 1.43. The molecule has 0 saturated carbocycles. The van der Waals surface area contributed by atoms with Crippen LogP contribution in [0.2, 0.25) is 5.02 Å². The number of para-hydroxylation sites is 1. The molecule has 0 bridgehead atoms. The highest BCUT2D eigenvalue weighted by atomic mass is 35.5. The summed E-state index contributed by atoms with van der Waals surface area (Å²) < 4.78 is 0. The SMILES string of the molecule is O=C(O)C(Nc1ccccc1)c1ccc(Cl)cc1. The number of carbonyl (C=O) groups is 1. The third kappa shape index (κ3) is 3.02. The molecule has 3 nitrogen and oxygen atoms in total. The molecule has 0 radical (unpaired) electrons. The monoisotopic (exact) mass is 261 g/mol. The molecule has 2 aromatic rings. The van der Waals surface area contributed by atoms with Gasteiger partial charge in [0.25, 0.3) is 0 Å². The minimum atomic E-state index is -0.929. The van der Waals surface area contributed by atoms with Crippen LogP contribution >= 0.6 is 11.6 Å². The van der Waals surface area contributed by atoms with Gasteiger partial charge in [0.1, 0.15) is 0 Å². The van der Waals surface area contributed by atoms with Crippen molar-refractivity contribution in [3.8, 4) is 0 Å². The first kappa shape index (κ1) is 12.5. The highest BCUT2D eigenvalue weighted by Gasteiger charge is 2.19. The van der Waals surface area contributed by atoms with Gasteiger partial charge in [0.05, 0.1) is 0 Å². The van der Waals surface area contributed by atoms with Crippen LogP contribution in [-0.2, 0) is 4.79 Å². The molecule has 92 valence electrons. The van der Waals surface area contributed by atoms with Gasteiger partial charge in [0.2, 0.25) is 0 Å². The van der Waals surface area contributed by atoms with Crippen molar-refractivity contribution < 1.29 is 9.90 Å². The minimum Gasteiger partial charge on any atom is -0.479 e. The Balaban J connectivity index is 2.24. The van der Waals surface area contributed by atoms with E-state index in [1.165, 1.54) is 0 Å². The maximum atomic E-state index is 11.3. The lowest BCUT2D eigenvalue weighted by molar-refractivity contribution is -0.138. The summed E-state index contributed by atoms with van der Waals surface area (Å²) in [4.78, 5) is 11.3. The molecular weight excluding hydrogens is 250 g/mol. The van der Waals surface area contributed by atoms with Gasteiger partial charge in [-0.25, -0.2) is 4.79 Å². The van der Waals surface area contributed by atoms with E-state index in [9.17, 15) is 9.90 Å². The van der Waals surface area contributed by atoms with Crippen molar-refractivity contribution in [2.45, 2.75) is 6.04 Å². The van der Waals surface area contributed by atoms with Gasteiger partial charge < -0.3 is 10.4 Å². The number of anilines is 1. The standard InChI is InChI=1S/C14H12ClNO2/c15-11-8-6-10(7-9-11)13(14(17)18)16-12-4-2-1-3-5-12/h1-9,13,16H,(H,17,18). The Labute approximate surface area is 110 Å². The molecule has 0 fully saturated rings. The van der Waals surface area contributed by atoms with Gasteiger partial charge in [-0.3, -0.25) is 0 Å². The third-order valence-electron chi connectivity index (χ3n) is 2.54. The molecule has 0 aliphatic heterocycles. The van der Waals surface area contributed by atoms with Crippen molar-refractivity contribution >= 4 is 23.3 Å². The molecule has 0 amide bonds. The highest BCUT2D eigenvalue weighted by Crippen LogP contribution is 2.21. The van der Waals surface area contributed by atoms with Gasteiger partial charge in [0, 0.05) is 10.7 Å². The van der Waals surface area contributed by atoms with Gasteiger partial charge >= 0.3 is 5.97 Å². The van der Waals surface area contributed by atoms with Crippen LogP contribution < -0.4 is 5.32 Å². The smallest absolute Gasteiger partial charge is 0.330 e. The van der Waals surface area contributed by atoms with Crippen LogP contribution in [0.15, 0.2) is 54.6 Å². The van der Waals surface area contributed by atoms with E-state index in [1.807, 2.05) is 30.3 Å². The summed E-state index contributed by atoms with van der Waals surface area (Å²) in [5, 5.41) is 12.8. The second-order valence-electron chi connectivity index (χ2n) is 3.83. The van der Waals surface area contributed by atoms with Gasteiger partial charge in [-0.15, -0.1) is 0 Å². The molecule has 0 spiro atoms. The highest BCUT2D eigenvalue weighted by molar-refractivity contribution is 6.30. The quantitative estimate of drug-likeness (QED) is 0.884. The van der Waals surface area contributed by atoms with Crippen molar-refractivity contribution in [3.63, 3.8) is 0 Å². The van der Waals surface area contributed by atoms with Gasteiger partial charge in [-0.05, 0) is 29.8 Å². The van der Waals surface area contributed by atoms with Crippen LogP contribution in [0.25, 0.3) is 0 Å². The van der Waals surface area contributed by atoms with E-state index in [-0.39, 0.29) is 0 Å². The van der Waals surface area contributed by atoms with Crippen LogP contribution in [0.1, 0.15) is 11.6 Å². The van der Waals surface area contributed by atoms with Crippen LogP contribution in [-0.4, -0.2) is 11.1 Å². The van der Waals surface area contributed by atoms with Crippen LogP contribution in [0.5, 0.6) is 0 Å². The normalized spacial score (nSPS) is 11.8. The zero-order valence-corrected chi connectivity index (χ0v) is 10.3. The molecule has 0 aliphatic rings. The molecule has 1 unspecified atom stereocenters. The van der Waals surface area contributed by atoms with Crippen LogP contribution in [0.3, 0.4) is 0 Å². The minimum absolute atomic E-state index is 0.586. The summed E-state index contributed by atoms with van der Waals surface area (Å²) in [6.45, 7) is 0. The Hall–Kier alpha value is -2.00.